The van der Waals surface area contributed by atoms with Crippen LogP contribution in [0, 0.1) is 31.4 Å². The highest BCUT2D eigenvalue weighted by atomic mass is 19.1. The molecule has 0 radical (unpaired) electrons. The van der Waals surface area contributed by atoms with Crippen LogP contribution in [0.2, 0.25) is 0 Å². The third-order valence-corrected chi connectivity index (χ3v) is 11.9. The number of halogens is 2. The van der Waals surface area contributed by atoms with Crippen LogP contribution < -0.4 is 9.80 Å². The van der Waals surface area contributed by atoms with Crippen LogP contribution in [-0.2, 0) is 6.42 Å². The molecular weight excluding hydrogens is 787 g/mol. The highest BCUT2D eigenvalue weighted by Gasteiger charge is 2.17. The lowest BCUT2D eigenvalue weighted by molar-refractivity contribution is 0.618. The molecule has 0 saturated heterocycles. The number of anilines is 6. The van der Waals surface area contributed by atoms with Crippen molar-refractivity contribution in [2.24, 2.45) is 5.92 Å². The van der Waals surface area contributed by atoms with Crippen molar-refractivity contribution in [3.63, 3.8) is 0 Å². The standard InChI is InChI=1S/C60H50F2N2/c1-41(2)38-44-12-14-46(15-13-44)50-22-32-54(33-23-50)64(58-29-11-43(4)60(62)40-58)56-36-26-52(27-37-56)48-18-16-47(17-19-48)51-24-34-55(35-25-51)63(57-28-10-42(3)59(61)39-57)53-30-20-49(21-31-53)45-8-6-5-7-9-45/h5-37,39-41H,38H2,1-4H3. The van der Waals surface area contributed by atoms with Crippen LogP contribution in [-0.4, -0.2) is 0 Å². The second-order valence-electron chi connectivity index (χ2n) is 17.0. The third kappa shape index (κ3) is 9.14. The monoisotopic (exact) mass is 836 g/mol. The molecule has 0 spiro atoms. The smallest absolute Gasteiger partial charge is 0.128 e. The predicted molar refractivity (Wildman–Crippen MR) is 265 cm³/mol. The van der Waals surface area contributed by atoms with Gasteiger partial charge >= 0.3 is 0 Å². The highest BCUT2D eigenvalue weighted by Crippen LogP contribution is 2.40. The SMILES string of the molecule is Cc1ccc(N(c2ccc(-c3ccccc3)cc2)c2ccc(-c3ccc(-c4ccc(N(c5ccc(-c6ccc(CC(C)C)cc6)cc5)c5ccc(C)c(F)c5)cc4)cc3)cc2)cc1F. The van der Waals surface area contributed by atoms with Gasteiger partial charge in [-0.05, 0) is 160 Å². The van der Waals surface area contributed by atoms with E-state index in [2.05, 4.69) is 181 Å². The van der Waals surface area contributed by atoms with E-state index in [1.165, 1.54) is 11.1 Å². The molecule has 0 fully saturated rings. The van der Waals surface area contributed by atoms with Crippen molar-refractivity contribution < 1.29 is 8.78 Å². The normalized spacial score (nSPS) is 11.2. The van der Waals surface area contributed by atoms with Crippen LogP contribution in [0.3, 0.4) is 0 Å². The minimum absolute atomic E-state index is 0.236. The summed E-state index contributed by atoms with van der Waals surface area (Å²) in [5, 5.41) is 0. The van der Waals surface area contributed by atoms with Gasteiger partial charge in [-0.25, -0.2) is 8.78 Å². The third-order valence-electron chi connectivity index (χ3n) is 11.9. The minimum Gasteiger partial charge on any atom is -0.310 e. The molecule has 0 saturated carbocycles. The van der Waals surface area contributed by atoms with Gasteiger partial charge in [0.25, 0.3) is 0 Å². The molecule has 0 aliphatic rings. The lowest BCUT2D eigenvalue weighted by Crippen LogP contribution is -2.10. The molecule has 0 amide bonds. The van der Waals surface area contributed by atoms with E-state index in [0.717, 1.165) is 79.5 Å². The van der Waals surface area contributed by atoms with Gasteiger partial charge in [0.2, 0.25) is 0 Å². The molecule has 0 N–H and O–H groups in total. The summed E-state index contributed by atoms with van der Waals surface area (Å²) in [6.07, 6.45) is 1.06. The van der Waals surface area contributed by atoms with Gasteiger partial charge in [-0.2, -0.15) is 0 Å². The Morgan fingerprint density at radius 2 is 0.594 bits per heavy atom. The number of hydrogen-bond acceptors (Lipinski definition) is 2. The zero-order chi connectivity index (χ0) is 44.2. The summed E-state index contributed by atoms with van der Waals surface area (Å²) in [5.41, 5.74) is 16.7. The molecule has 314 valence electrons. The topological polar surface area (TPSA) is 6.48 Å². The number of nitrogens with zero attached hydrogens (tertiary/aromatic N) is 2. The van der Waals surface area contributed by atoms with E-state index >= 15 is 4.39 Å². The van der Waals surface area contributed by atoms with Crippen LogP contribution in [0.15, 0.2) is 212 Å². The maximum atomic E-state index is 15.1. The number of benzene rings is 9. The number of hydrogen-bond donors (Lipinski definition) is 0. The first kappa shape index (κ1) is 41.8. The molecule has 0 aliphatic carbocycles. The van der Waals surface area contributed by atoms with Crippen molar-refractivity contribution in [1.82, 2.24) is 0 Å². The Morgan fingerprint density at radius 1 is 0.328 bits per heavy atom. The first-order chi connectivity index (χ1) is 31.2. The van der Waals surface area contributed by atoms with Crippen molar-refractivity contribution in [3.05, 3.63) is 241 Å². The average molecular weight is 837 g/mol. The van der Waals surface area contributed by atoms with Gasteiger partial charge in [0.15, 0.2) is 0 Å². The Hall–Kier alpha value is -7.56. The molecule has 0 heterocycles. The Bertz CT molecular complexity index is 2980. The van der Waals surface area contributed by atoms with Crippen molar-refractivity contribution in [3.8, 4) is 44.5 Å². The molecule has 2 nitrogen and oxygen atoms in total. The maximum Gasteiger partial charge on any atom is 0.128 e. The quantitative estimate of drug-likeness (QED) is 0.121. The second-order valence-corrected chi connectivity index (χ2v) is 17.0. The van der Waals surface area contributed by atoms with Gasteiger partial charge in [-0.3, -0.25) is 0 Å². The average Bonchev–Trinajstić information content (AvgIpc) is 3.33. The highest BCUT2D eigenvalue weighted by molar-refractivity contribution is 5.82. The van der Waals surface area contributed by atoms with Gasteiger partial charge in [-0.1, -0.05) is 153 Å². The Balaban J connectivity index is 0.953. The van der Waals surface area contributed by atoms with Crippen LogP contribution in [0.4, 0.5) is 42.9 Å². The molecule has 9 rings (SSSR count). The van der Waals surface area contributed by atoms with E-state index < -0.39 is 0 Å². The van der Waals surface area contributed by atoms with E-state index in [4.69, 9.17) is 0 Å². The van der Waals surface area contributed by atoms with Gasteiger partial charge in [0.05, 0.1) is 0 Å². The largest absolute Gasteiger partial charge is 0.310 e. The van der Waals surface area contributed by atoms with Gasteiger partial charge in [-0.15, -0.1) is 0 Å². The molecule has 0 bridgehead atoms. The number of rotatable bonds is 12. The summed E-state index contributed by atoms with van der Waals surface area (Å²) >= 11 is 0. The van der Waals surface area contributed by atoms with Crippen molar-refractivity contribution >= 4 is 34.1 Å². The first-order valence-corrected chi connectivity index (χ1v) is 22.0. The van der Waals surface area contributed by atoms with E-state index in [9.17, 15) is 4.39 Å². The van der Waals surface area contributed by atoms with E-state index in [-0.39, 0.29) is 11.6 Å². The predicted octanol–water partition coefficient (Wildman–Crippen LogP) is 17.4. The fourth-order valence-electron chi connectivity index (χ4n) is 8.34. The van der Waals surface area contributed by atoms with Gasteiger partial charge in [0, 0.05) is 34.1 Å². The van der Waals surface area contributed by atoms with E-state index in [1.807, 2.05) is 42.5 Å². The molecule has 64 heavy (non-hydrogen) atoms. The lowest BCUT2D eigenvalue weighted by Gasteiger charge is -2.26. The van der Waals surface area contributed by atoms with Crippen LogP contribution in [0.5, 0.6) is 0 Å². The van der Waals surface area contributed by atoms with Crippen LogP contribution in [0.25, 0.3) is 44.5 Å². The minimum atomic E-state index is -0.238. The summed E-state index contributed by atoms with van der Waals surface area (Å²) in [6, 6.07) is 72.3. The van der Waals surface area contributed by atoms with Gasteiger partial charge < -0.3 is 9.80 Å². The Kier molecular flexibility index (Phi) is 12.0. The Labute approximate surface area is 376 Å². The summed E-state index contributed by atoms with van der Waals surface area (Å²) < 4.78 is 30.0. The maximum absolute atomic E-state index is 15.1. The molecule has 0 aliphatic heterocycles. The molecule has 0 unspecified atom stereocenters. The zero-order valence-corrected chi connectivity index (χ0v) is 36.6. The van der Waals surface area contributed by atoms with Crippen LogP contribution >= 0.6 is 0 Å². The molecule has 0 aromatic heterocycles. The van der Waals surface area contributed by atoms with Crippen LogP contribution in [0.1, 0.15) is 30.5 Å². The molecular formula is C60H50F2N2. The van der Waals surface area contributed by atoms with Gasteiger partial charge in [0.1, 0.15) is 11.6 Å². The molecule has 0 atom stereocenters. The fraction of sp³-hybridized carbons (Fsp3) is 0.100. The van der Waals surface area contributed by atoms with Crippen molar-refractivity contribution in [2.45, 2.75) is 34.1 Å². The van der Waals surface area contributed by atoms with Crippen molar-refractivity contribution in [1.29, 1.82) is 0 Å². The first-order valence-electron chi connectivity index (χ1n) is 22.0. The van der Waals surface area contributed by atoms with Crippen molar-refractivity contribution in [2.75, 3.05) is 9.80 Å². The molecule has 4 heteroatoms. The molecule has 9 aromatic carbocycles. The summed E-state index contributed by atoms with van der Waals surface area (Å²) in [4.78, 5) is 4.19. The summed E-state index contributed by atoms with van der Waals surface area (Å²) in [5.74, 6) is 0.139. The van der Waals surface area contributed by atoms with E-state index in [1.54, 1.807) is 26.0 Å². The Morgan fingerprint density at radius 3 is 0.891 bits per heavy atom. The summed E-state index contributed by atoms with van der Waals surface area (Å²) in [6.45, 7) is 8.05. The lowest BCUT2D eigenvalue weighted by atomic mass is 9.98. The second kappa shape index (κ2) is 18.4. The summed E-state index contributed by atoms with van der Waals surface area (Å²) in [7, 11) is 0. The zero-order valence-electron chi connectivity index (χ0n) is 36.6. The van der Waals surface area contributed by atoms with E-state index in [0.29, 0.717) is 17.0 Å². The molecule has 9 aromatic rings. The fourth-order valence-corrected chi connectivity index (χ4v) is 8.34. The number of aryl methyl sites for hydroxylation is 2.